The maximum absolute atomic E-state index is 5.90. The summed E-state index contributed by atoms with van der Waals surface area (Å²) in [5.41, 5.74) is 9.91. The maximum atomic E-state index is 5.90. The highest BCUT2D eigenvalue weighted by Gasteiger charge is 2.23. The van der Waals surface area contributed by atoms with E-state index in [1.165, 1.54) is 0 Å². The number of aromatic nitrogens is 5. The lowest BCUT2D eigenvalue weighted by Gasteiger charge is -2.08. The van der Waals surface area contributed by atoms with Crippen molar-refractivity contribution in [3.05, 3.63) is 54.9 Å². The fourth-order valence-corrected chi connectivity index (χ4v) is 3.23. The van der Waals surface area contributed by atoms with Gasteiger partial charge in [0, 0.05) is 29.6 Å². The molecule has 5 rings (SSSR count). The summed E-state index contributed by atoms with van der Waals surface area (Å²) in [6, 6.07) is 14.1. The summed E-state index contributed by atoms with van der Waals surface area (Å²) in [5, 5.41) is 3.34. The molecule has 1 fully saturated rings. The molecule has 30 heavy (non-hydrogen) atoms. The minimum absolute atomic E-state index is 0.333. The molecule has 0 unspecified atom stereocenters. The summed E-state index contributed by atoms with van der Waals surface area (Å²) >= 11 is 0. The van der Waals surface area contributed by atoms with Crippen molar-refractivity contribution < 1.29 is 4.74 Å². The molecule has 0 atom stereocenters. The number of anilines is 2. The fourth-order valence-electron chi connectivity index (χ4n) is 3.23. The smallest absolute Gasteiger partial charge is 0.223 e. The van der Waals surface area contributed by atoms with Gasteiger partial charge in [0.05, 0.1) is 18.5 Å². The molecule has 3 aromatic heterocycles. The lowest BCUT2D eigenvalue weighted by Crippen LogP contribution is -2.05. The Labute approximate surface area is 173 Å². The molecule has 1 aliphatic carbocycles. The van der Waals surface area contributed by atoms with Crippen molar-refractivity contribution in [3.8, 4) is 39.8 Å². The Hall–Kier alpha value is -3.94. The number of hydrogen-bond donors (Lipinski definition) is 3. The third-order valence-electron chi connectivity index (χ3n) is 4.95. The third-order valence-corrected chi connectivity index (χ3v) is 4.95. The van der Waals surface area contributed by atoms with E-state index in [0.29, 0.717) is 23.6 Å². The molecule has 4 N–H and O–H groups in total. The minimum Gasteiger partial charge on any atom is -0.493 e. The SMILES string of the molecule is COc1cc(-c2nc(-c3ccccc3)[nH]c2-c2ccnc(NC3CC3)n2)cnc1N. The molecule has 8 nitrogen and oxygen atoms in total. The zero-order chi connectivity index (χ0) is 20.5. The predicted octanol–water partition coefficient (Wildman–Crippen LogP) is 3.76. The average Bonchev–Trinajstić information content (AvgIpc) is 3.48. The van der Waals surface area contributed by atoms with Gasteiger partial charge in [-0.05, 0) is 25.0 Å². The molecule has 0 amide bonds. The maximum Gasteiger partial charge on any atom is 0.223 e. The van der Waals surface area contributed by atoms with Crippen LogP contribution in [0.15, 0.2) is 54.9 Å². The molecule has 0 aliphatic heterocycles. The molecule has 0 radical (unpaired) electrons. The molecule has 0 bridgehead atoms. The Morgan fingerprint density at radius 3 is 2.67 bits per heavy atom. The van der Waals surface area contributed by atoms with Gasteiger partial charge in [-0.25, -0.2) is 19.9 Å². The molecule has 3 heterocycles. The van der Waals surface area contributed by atoms with Crippen molar-refractivity contribution in [2.75, 3.05) is 18.2 Å². The minimum atomic E-state index is 0.333. The summed E-state index contributed by atoms with van der Waals surface area (Å²) in [4.78, 5) is 21.6. The summed E-state index contributed by atoms with van der Waals surface area (Å²) in [6.45, 7) is 0. The van der Waals surface area contributed by atoms with Crippen molar-refractivity contribution in [2.24, 2.45) is 0 Å². The first kappa shape index (κ1) is 18.1. The van der Waals surface area contributed by atoms with E-state index in [9.17, 15) is 0 Å². The largest absolute Gasteiger partial charge is 0.493 e. The Morgan fingerprint density at radius 2 is 1.90 bits per heavy atom. The van der Waals surface area contributed by atoms with Crippen molar-refractivity contribution in [3.63, 3.8) is 0 Å². The number of benzene rings is 1. The van der Waals surface area contributed by atoms with E-state index in [0.717, 1.165) is 46.9 Å². The highest BCUT2D eigenvalue weighted by molar-refractivity contribution is 5.80. The van der Waals surface area contributed by atoms with Crippen LogP contribution >= 0.6 is 0 Å². The van der Waals surface area contributed by atoms with Crippen LogP contribution in [-0.4, -0.2) is 38.1 Å². The van der Waals surface area contributed by atoms with Gasteiger partial charge in [0.25, 0.3) is 0 Å². The van der Waals surface area contributed by atoms with E-state index in [2.05, 4.69) is 20.3 Å². The van der Waals surface area contributed by atoms with E-state index >= 15 is 0 Å². The van der Waals surface area contributed by atoms with Crippen LogP contribution in [-0.2, 0) is 0 Å². The lowest BCUT2D eigenvalue weighted by molar-refractivity contribution is 0.415. The van der Waals surface area contributed by atoms with Crippen molar-refractivity contribution >= 4 is 11.8 Å². The van der Waals surface area contributed by atoms with Crippen LogP contribution < -0.4 is 15.8 Å². The zero-order valence-corrected chi connectivity index (χ0v) is 16.5. The molecule has 0 saturated heterocycles. The number of H-pyrrole nitrogens is 1. The Kier molecular flexibility index (Phi) is 4.51. The molecule has 1 saturated carbocycles. The summed E-state index contributed by atoms with van der Waals surface area (Å²) in [5.74, 6) is 2.19. The number of pyridine rings is 1. The number of nitrogens with two attached hydrogens (primary N) is 1. The molecule has 1 aliphatic rings. The number of rotatable bonds is 6. The second kappa shape index (κ2) is 7.47. The van der Waals surface area contributed by atoms with Crippen molar-refractivity contribution in [1.82, 2.24) is 24.9 Å². The predicted molar refractivity (Wildman–Crippen MR) is 116 cm³/mol. The molecular formula is C22H21N7O. The highest BCUT2D eigenvalue weighted by atomic mass is 16.5. The van der Waals surface area contributed by atoms with Crippen molar-refractivity contribution in [2.45, 2.75) is 18.9 Å². The van der Waals surface area contributed by atoms with E-state index < -0.39 is 0 Å². The number of imidazole rings is 1. The van der Waals surface area contributed by atoms with Gasteiger partial charge in [-0.1, -0.05) is 30.3 Å². The number of methoxy groups -OCH3 is 1. The summed E-state index contributed by atoms with van der Waals surface area (Å²) < 4.78 is 5.35. The molecule has 4 aromatic rings. The Morgan fingerprint density at radius 1 is 1.07 bits per heavy atom. The Balaban J connectivity index is 1.64. The van der Waals surface area contributed by atoms with Gasteiger partial charge in [-0.2, -0.15) is 0 Å². The first-order valence-corrected chi connectivity index (χ1v) is 9.76. The second-order valence-corrected chi connectivity index (χ2v) is 7.17. The third kappa shape index (κ3) is 3.55. The van der Waals surface area contributed by atoms with Crippen LogP contribution in [0.25, 0.3) is 34.0 Å². The molecule has 150 valence electrons. The molecule has 1 aromatic carbocycles. The monoisotopic (exact) mass is 399 g/mol. The normalized spacial score (nSPS) is 13.2. The quantitative estimate of drug-likeness (QED) is 0.452. The number of aromatic amines is 1. The number of nitrogens with one attached hydrogen (secondary N) is 2. The summed E-state index contributed by atoms with van der Waals surface area (Å²) in [7, 11) is 1.57. The van der Waals surface area contributed by atoms with Gasteiger partial charge in [-0.15, -0.1) is 0 Å². The van der Waals surface area contributed by atoms with Gasteiger partial charge in [0.15, 0.2) is 11.6 Å². The fraction of sp³-hybridized carbons (Fsp3) is 0.182. The van der Waals surface area contributed by atoms with E-state index in [-0.39, 0.29) is 0 Å². The standard InChI is InChI=1S/C22H21N7O/c1-30-17-11-14(12-25-20(17)23)18-19(29-21(28-18)13-5-3-2-4-6-13)16-9-10-24-22(27-16)26-15-7-8-15/h2-6,9-12,15H,7-8H2,1H3,(H2,23,25)(H,28,29)(H,24,26,27). The van der Waals surface area contributed by atoms with Crippen LogP contribution in [0.4, 0.5) is 11.8 Å². The second-order valence-electron chi connectivity index (χ2n) is 7.17. The van der Waals surface area contributed by atoms with Gasteiger partial charge in [0.1, 0.15) is 11.5 Å². The molecular weight excluding hydrogens is 378 g/mol. The van der Waals surface area contributed by atoms with Gasteiger partial charge in [0.2, 0.25) is 5.95 Å². The van der Waals surface area contributed by atoms with Gasteiger partial charge < -0.3 is 20.8 Å². The molecule has 8 heteroatoms. The topological polar surface area (TPSA) is 115 Å². The van der Waals surface area contributed by atoms with E-state index in [4.69, 9.17) is 20.4 Å². The number of ether oxygens (including phenoxy) is 1. The van der Waals surface area contributed by atoms with Crippen LogP contribution in [0.5, 0.6) is 5.75 Å². The summed E-state index contributed by atoms with van der Waals surface area (Å²) in [6.07, 6.45) is 5.74. The number of nitrogen functional groups attached to an aromatic ring is 1. The van der Waals surface area contributed by atoms with Crippen LogP contribution in [0.3, 0.4) is 0 Å². The van der Waals surface area contributed by atoms with Gasteiger partial charge >= 0.3 is 0 Å². The first-order chi connectivity index (χ1) is 14.7. The van der Waals surface area contributed by atoms with Crippen LogP contribution in [0.2, 0.25) is 0 Å². The van der Waals surface area contributed by atoms with Crippen LogP contribution in [0, 0.1) is 0 Å². The number of hydrogen-bond acceptors (Lipinski definition) is 7. The number of nitrogens with zero attached hydrogens (tertiary/aromatic N) is 4. The molecule has 0 spiro atoms. The van der Waals surface area contributed by atoms with Gasteiger partial charge in [-0.3, -0.25) is 0 Å². The lowest BCUT2D eigenvalue weighted by atomic mass is 10.1. The zero-order valence-electron chi connectivity index (χ0n) is 16.5. The first-order valence-electron chi connectivity index (χ1n) is 9.76. The van der Waals surface area contributed by atoms with Crippen LogP contribution in [0.1, 0.15) is 12.8 Å². The van der Waals surface area contributed by atoms with E-state index in [1.807, 2.05) is 42.5 Å². The van der Waals surface area contributed by atoms with E-state index in [1.54, 1.807) is 19.5 Å². The average molecular weight is 399 g/mol. The van der Waals surface area contributed by atoms with Crippen molar-refractivity contribution in [1.29, 1.82) is 0 Å². The Bertz CT molecular complexity index is 1190. The highest BCUT2D eigenvalue weighted by Crippen LogP contribution is 2.35.